The second-order valence-electron chi connectivity index (χ2n) is 6.50. The number of carbonyl (C=O) groups is 2. The number of rotatable bonds is 5. The number of carbonyl (C=O) groups excluding carboxylic acids is 2. The molecule has 134 valence electrons. The van der Waals surface area contributed by atoms with Gasteiger partial charge in [-0.3, -0.25) is 14.2 Å². The Bertz CT molecular complexity index is 874. The highest BCUT2D eigenvalue weighted by Crippen LogP contribution is 2.30. The Balaban J connectivity index is 1.82. The van der Waals surface area contributed by atoms with E-state index in [9.17, 15) is 14.9 Å². The number of ether oxygens (including phenoxy) is 1. The molecule has 1 fully saturated rings. The summed E-state index contributed by atoms with van der Waals surface area (Å²) in [4.78, 5) is 24.1. The van der Waals surface area contributed by atoms with Gasteiger partial charge >= 0.3 is 5.97 Å². The van der Waals surface area contributed by atoms with Gasteiger partial charge < -0.3 is 10.1 Å². The fourth-order valence-corrected chi connectivity index (χ4v) is 3.03. The second kappa shape index (κ2) is 7.44. The average molecular weight is 351 g/mol. The molecule has 1 heterocycles. The molecule has 0 radical (unpaired) electrons. The Morgan fingerprint density at radius 2 is 1.96 bits per heavy atom. The van der Waals surface area contributed by atoms with E-state index in [4.69, 9.17) is 4.74 Å². The first-order valence-electron chi connectivity index (χ1n) is 8.66. The Morgan fingerprint density at radius 3 is 2.54 bits per heavy atom. The van der Waals surface area contributed by atoms with Gasteiger partial charge in [-0.05, 0) is 44.4 Å². The van der Waals surface area contributed by atoms with Crippen LogP contribution in [0, 0.1) is 31.1 Å². The summed E-state index contributed by atoms with van der Waals surface area (Å²) in [5.74, 6) is -0.449. The molecule has 1 N–H and O–H groups in total. The maximum Gasteiger partial charge on any atom is 0.309 e. The van der Waals surface area contributed by atoms with E-state index in [0.29, 0.717) is 11.4 Å². The van der Waals surface area contributed by atoms with Crippen molar-refractivity contribution in [3.8, 4) is 11.8 Å². The van der Waals surface area contributed by atoms with E-state index in [1.165, 1.54) is 0 Å². The number of para-hydroxylation sites is 1. The van der Waals surface area contributed by atoms with Crippen LogP contribution in [0.15, 0.2) is 30.3 Å². The van der Waals surface area contributed by atoms with Gasteiger partial charge in [0.15, 0.2) is 6.61 Å². The monoisotopic (exact) mass is 351 g/mol. The molecule has 1 aliphatic rings. The molecule has 0 spiro atoms. The number of nitriles is 1. The predicted molar refractivity (Wildman–Crippen MR) is 96.9 cm³/mol. The van der Waals surface area contributed by atoms with Crippen LogP contribution in [0.25, 0.3) is 5.69 Å². The van der Waals surface area contributed by atoms with Gasteiger partial charge in [-0.1, -0.05) is 24.6 Å². The molecule has 1 aliphatic carbocycles. The number of nitrogens with zero attached hydrogens (tertiary/aromatic N) is 2. The molecule has 1 amide bonds. The van der Waals surface area contributed by atoms with Gasteiger partial charge in [-0.2, -0.15) is 5.26 Å². The Hall–Kier alpha value is -3.07. The lowest BCUT2D eigenvalue weighted by molar-refractivity contribution is -0.154. The summed E-state index contributed by atoms with van der Waals surface area (Å²) < 4.78 is 6.93. The zero-order valence-corrected chi connectivity index (χ0v) is 14.9. The number of aromatic nitrogens is 1. The van der Waals surface area contributed by atoms with Crippen molar-refractivity contribution in [2.45, 2.75) is 33.1 Å². The van der Waals surface area contributed by atoms with Crippen molar-refractivity contribution in [2.24, 2.45) is 5.92 Å². The van der Waals surface area contributed by atoms with Crippen molar-refractivity contribution in [2.75, 3.05) is 11.9 Å². The summed E-state index contributed by atoms with van der Waals surface area (Å²) in [5.41, 5.74) is 2.93. The quantitative estimate of drug-likeness (QED) is 0.838. The first-order chi connectivity index (χ1) is 12.5. The maximum atomic E-state index is 12.3. The summed E-state index contributed by atoms with van der Waals surface area (Å²) in [7, 11) is 0. The van der Waals surface area contributed by atoms with Crippen molar-refractivity contribution in [3.63, 3.8) is 0 Å². The number of benzene rings is 1. The van der Waals surface area contributed by atoms with Crippen LogP contribution in [0.2, 0.25) is 0 Å². The van der Waals surface area contributed by atoms with Crippen LogP contribution in [-0.4, -0.2) is 23.1 Å². The highest BCUT2D eigenvalue weighted by atomic mass is 16.5. The standard InChI is InChI=1S/C20H21N3O3/c1-13-14(2)23(16-9-4-3-5-10-16)19(17(13)11-21)22-18(24)12-26-20(25)15-7-6-8-15/h3-5,9-10,15H,6-8,12H2,1-2H3,(H,22,24). The van der Waals surface area contributed by atoms with Crippen LogP contribution in [0.5, 0.6) is 0 Å². The van der Waals surface area contributed by atoms with Gasteiger partial charge in [0.2, 0.25) is 0 Å². The van der Waals surface area contributed by atoms with Crippen LogP contribution in [-0.2, 0) is 14.3 Å². The molecule has 6 heteroatoms. The van der Waals surface area contributed by atoms with E-state index in [2.05, 4.69) is 11.4 Å². The average Bonchev–Trinajstić information content (AvgIpc) is 2.82. The van der Waals surface area contributed by atoms with Gasteiger partial charge in [0.1, 0.15) is 11.9 Å². The molecule has 0 bridgehead atoms. The third kappa shape index (κ3) is 3.33. The summed E-state index contributed by atoms with van der Waals surface area (Å²) >= 11 is 0. The third-order valence-electron chi connectivity index (χ3n) is 4.88. The molecule has 3 rings (SSSR count). The van der Waals surface area contributed by atoms with Crippen LogP contribution >= 0.6 is 0 Å². The molecule has 1 saturated carbocycles. The normalized spacial score (nSPS) is 13.6. The van der Waals surface area contributed by atoms with E-state index in [-0.39, 0.29) is 18.5 Å². The van der Waals surface area contributed by atoms with Crippen molar-refractivity contribution >= 4 is 17.7 Å². The lowest BCUT2D eigenvalue weighted by atomic mass is 9.86. The minimum Gasteiger partial charge on any atom is -0.455 e. The highest BCUT2D eigenvalue weighted by Gasteiger charge is 2.27. The smallest absolute Gasteiger partial charge is 0.309 e. The molecule has 26 heavy (non-hydrogen) atoms. The summed E-state index contributed by atoms with van der Waals surface area (Å²) in [6.45, 7) is 3.40. The molecule has 0 unspecified atom stereocenters. The summed E-state index contributed by atoms with van der Waals surface area (Å²) in [6.07, 6.45) is 2.68. The predicted octanol–water partition coefficient (Wildman–Crippen LogP) is 3.25. The van der Waals surface area contributed by atoms with E-state index in [1.54, 1.807) is 0 Å². The number of esters is 1. The number of hydrogen-bond acceptors (Lipinski definition) is 4. The SMILES string of the molecule is Cc1c(C#N)c(NC(=O)COC(=O)C2CCC2)n(-c2ccccc2)c1C. The molecule has 0 atom stereocenters. The van der Waals surface area contributed by atoms with Gasteiger partial charge in [-0.15, -0.1) is 0 Å². The fraction of sp³-hybridized carbons (Fsp3) is 0.350. The lowest BCUT2D eigenvalue weighted by Gasteiger charge is -2.22. The molecule has 0 aliphatic heterocycles. The first kappa shape index (κ1) is 17.7. The van der Waals surface area contributed by atoms with Gasteiger partial charge in [0, 0.05) is 11.4 Å². The van der Waals surface area contributed by atoms with E-state index in [1.807, 2.05) is 48.7 Å². The zero-order chi connectivity index (χ0) is 18.7. The van der Waals surface area contributed by atoms with E-state index >= 15 is 0 Å². The molecular formula is C20H21N3O3. The molecule has 1 aromatic heterocycles. The van der Waals surface area contributed by atoms with Crippen LogP contribution in [0.4, 0.5) is 5.82 Å². The van der Waals surface area contributed by atoms with Gasteiger partial charge in [0.25, 0.3) is 5.91 Å². The van der Waals surface area contributed by atoms with Crippen molar-refractivity contribution in [1.29, 1.82) is 5.26 Å². The first-order valence-corrected chi connectivity index (χ1v) is 8.66. The number of nitrogens with one attached hydrogen (secondary N) is 1. The molecule has 0 saturated heterocycles. The minimum atomic E-state index is -0.455. The molecule has 1 aromatic carbocycles. The number of amides is 1. The Morgan fingerprint density at radius 1 is 1.27 bits per heavy atom. The largest absolute Gasteiger partial charge is 0.455 e. The highest BCUT2D eigenvalue weighted by molar-refractivity contribution is 5.94. The number of hydrogen-bond donors (Lipinski definition) is 1. The van der Waals surface area contributed by atoms with Crippen LogP contribution in [0.1, 0.15) is 36.1 Å². The minimum absolute atomic E-state index is 0.0739. The van der Waals surface area contributed by atoms with E-state index < -0.39 is 5.91 Å². The zero-order valence-electron chi connectivity index (χ0n) is 14.9. The number of anilines is 1. The third-order valence-corrected chi connectivity index (χ3v) is 4.88. The summed E-state index contributed by atoms with van der Waals surface area (Å²) in [6, 6.07) is 11.6. The molecule has 2 aromatic rings. The van der Waals surface area contributed by atoms with Crippen molar-refractivity contribution < 1.29 is 14.3 Å². The Kier molecular flexibility index (Phi) is 5.08. The fourth-order valence-electron chi connectivity index (χ4n) is 3.03. The molecular weight excluding hydrogens is 330 g/mol. The van der Waals surface area contributed by atoms with Gasteiger partial charge in [-0.25, -0.2) is 0 Å². The summed E-state index contributed by atoms with van der Waals surface area (Å²) in [5, 5.41) is 12.3. The lowest BCUT2D eigenvalue weighted by Crippen LogP contribution is -2.28. The van der Waals surface area contributed by atoms with Crippen molar-refractivity contribution in [3.05, 3.63) is 47.2 Å². The van der Waals surface area contributed by atoms with Crippen LogP contribution in [0.3, 0.4) is 0 Å². The molecule has 6 nitrogen and oxygen atoms in total. The Labute approximate surface area is 152 Å². The maximum absolute atomic E-state index is 12.3. The van der Waals surface area contributed by atoms with Crippen LogP contribution < -0.4 is 5.32 Å². The van der Waals surface area contributed by atoms with Crippen molar-refractivity contribution in [1.82, 2.24) is 4.57 Å². The second-order valence-corrected chi connectivity index (χ2v) is 6.50. The topological polar surface area (TPSA) is 84.1 Å². The van der Waals surface area contributed by atoms with Gasteiger partial charge in [0.05, 0.1) is 11.5 Å². The van der Waals surface area contributed by atoms with E-state index in [0.717, 1.165) is 36.2 Å².